The number of carbonyl (C=O) groups excluding carboxylic acids is 1. The molecule has 32 heavy (non-hydrogen) atoms. The summed E-state index contributed by atoms with van der Waals surface area (Å²) in [6, 6.07) is 16.0. The highest BCUT2D eigenvalue weighted by atomic mass is 19.1. The minimum Gasteiger partial charge on any atom is -0.468 e. The third kappa shape index (κ3) is 5.29. The Bertz CT molecular complexity index is 1030. The van der Waals surface area contributed by atoms with Gasteiger partial charge in [-0.15, -0.1) is 0 Å². The van der Waals surface area contributed by atoms with Crippen LogP contribution in [0.1, 0.15) is 22.9 Å². The summed E-state index contributed by atoms with van der Waals surface area (Å²) in [4.78, 5) is 17.1. The number of piperazine rings is 1. The van der Waals surface area contributed by atoms with E-state index in [2.05, 4.69) is 20.4 Å². The molecule has 1 aliphatic heterocycles. The summed E-state index contributed by atoms with van der Waals surface area (Å²) >= 11 is 0. The fraction of sp³-hybridized carbons (Fsp3) is 0.320. The molecule has 0 spiro atoms. The molecule has 3 aromatic rings. The summed E-state index contributed by atoms with van der Waals surface area (Å²) in [6.45, 7) is 7.75. The van der Waals surface area contributed by atoms with Crippen LogP contribution in [0.5, 0.6) is 0 Å². The third-order valence-corrected chi connectivity index (χ3v) is 6.04. The van der Waals surface area contributed by atoms with Crippen LogP contribution in [0.2, 0.25) is 0 Å². The summed E-state index contributed by atoms with van der Waals surface area (Å²) in [5.74, 6) is 0.599. The van der Waals surface area contributed by atoms with E-state index in [1.165, 1.54) is 17.7 Å². The molecule has 1 saturated heterocycles. The van der Waals surface area contributed by atoms with Gasteiger partial charge in [0.05, 0.1) is 12.3 Å². The topological polar surface area (TPSA) is 60.8 Å². The number of benzene rings is 2. The lowest BCUT2D eigenvalue weighted by Gasteiger charge is -2.39. The molecule has 2 heterocycles. The van der Waals surface area contributed by atoms with Crippen LogP contribution >= 0.6 is 0 Å². The van der Waals surface area contributed by atoms with E-state index in [0.717, 1.165) is 48.9 Å². The first-order valence-electron chi connectivity index (χ1n) is 10.9. The highest BCUT2D eigenvalue weighted by Gasteiger charge is 2.27. The number of aryl methyl sites for hydroxylation is 2. The van der Waals surface area contributed by atoms with Gasteiger partial charge >= 0.3 is 6.03 Å². The van der Waals surface area contributed by atoms with Gasteiger partial charge in [0.15, 0.2) is 0 Å². The monoisotopic (exact) mass is 436 g/mol. The van der Waals surface area contributed by atoms with E-state index in [4.69, 9.17) is 4.42 Å². The highest BCUT2D eigenvalue weighted by Crippen LogP contribution is 2.24. The van der Waals surface area contributed by atoms with Gasteiger partial charge in [-0.3, -0.25) is 4.90 Å². The van der Waals surface area contributed by atoms with Crippen LogP contribution in [0.3, 0.4) is 0 Å². The van der Waals surface area contributed by atoms with Crippen molar-refractivity contribution in [1.82, 2.24) is 10.2 Å². The Labute approximate surface area is 188 Å². The Hall–Kier alpha value is -3.32. The van der Waals surface area contributed by atoms with Gasteiger partial charge in [-0.1, -0.05) is 6.07 Å². The molecule has 1 atom stereocenters. The maximum Gasteiger partial charge on any atom is 0.319 e. The smallest absolute Gasteiger partial charge is 0.319 e. The molecule has 2 amide bonds. The highest BCUT2D eigenvalue weighted by molar-refractivity contribution is 5.89. The number of hydrogen-bond donors (Lipinski definition) is 2. The van der Waals surface area contributed by atoms with E-state index in [1.54, 1.807) is 6.26 Å². The zero-order valence-corrected chi connectivity index (χ0v) is 18.5. The number of halogens is 1. The van der Waals surface area contributed by atoms with Crippen molar-refractivity contribution in [2.45, 2.75) is 19.9 Å². The fourth-order valence-electron chi connectivity index (χ4n) is 4.02. The minimum absolute atomic E-state index is 0.0640. The molecular weight excluding hydrogens is 407 g/mol. The van der Waals surface area contributed by atoms with Gasteiger partial charge in [0.25, 0.3) is 0 Å². The number of anilines is 2. The first kappa shape index (κ1) is 21.9. The van der Waals surface area contributed by atoms with Crippen molar-refractivity contribution in [3.05, 3.63) is 83.6 Å². The fourth-order valence-corrected chi connectivity index (χ4v) is 4.02. The molecule has 6 nitrogen and oxygen atoms in total. The van der Waals surface area contributed by atoms with E-state index in [1.807, 2.05) is 56.3 Å². The average molecular weight is 437 g/mol. The second-order valence-electron chi connectivity index (χ2n) is 8.16. The van der Waals surface area contributed by atoms with Crippen molar-refractivity contribution >= 4 is 17.4 Å². The van der Waals surface area contributed by atoms with Crippen molar-refractivity contribution in [1.29, 1.82) is 0 Å². The van der Waals surface area contributed by atoms with E-state index >= 15 is 0 Å². The molecule has 4 rings (SSSR count). The minimum atomic E-state index is -0.241. The number of nitrogens with zero attached hydrogens (tertiary/aromatic N) is 2. The second kappa shape index (κ2) is 9.87. The zero-order chi connectivity index (χ0) is 22.5. The number of urea groups is 1. The SMILES string of the molecule is Cc1ccc(NC(=O)NCC(c2ccco2)N2CCN(c3ccc(F)cc3)CC2)cc1C. The Kier molecular flexibility index (Phi) is 6.75. The van der Waals surface area contributed by atoms with E-state index in [0.29, 0.717) is 6.54 Å². The standard InChI is InChI=1S/C25H29FN4O2/c1-18-5-8-21(16-19(18)2)28-25(31)27-17-23(24-4-3-15-32-24)30-13-11-29(12-14-30)22-9-6-20(26)7-10-22/h3-10,15-16,23H,11-14,17H2,1-2H3,(H2,27,28,31). The molecule has 2 aromatic carbocycles. The lowest BCUT2D eigenvalue weighted by Crippen LogP contribution is -2.50. The first-order valence-corrected chi connectivity index (χ1v) is 10.9. The Morgan fingerprint density at radius 3 is 2.44 bits per heavy atom. The number of carbonyl (C=O) groups is 1. The molecule has 7 heteroatoms. The Morgan fingerprint density at radius 2 is 1.78 bits per heavy atom. The summed E-state index contributed by atoms with van der Waals surface area (Å²) in [6.07, 6.45) is 1.66. The van der Waals surface area contributed by atoms with Gasteiger partial charge in [0, 0.05) is 44.1 Å². The van der Waals surface area contributed by atoms with Gasteiger partial charge in [0.2, 0.25) is 0 Å². The number of hydrogen-bond acceptors (Lipinski definition) is 4. The van der Waals surface area contributed by atoms with Gasteiger partial charge in [-0.2, -0.15) is 0 Å². The van der Waals surface area contributed by atoms with Crippen LogP contribution in [-0.4, -0.2) is 43.7 Å². The number of amides is 2. The van der Waals surface area contributed by atoms with Crippen molar-refractivity contribution in [2.75, 3.05) is 42.9 Å². The zero-order valence-electron chi connectivity index (χ0n) is 18.5. The van der Waals surface area contributed by atoms with Crippen LogP contribution in [0.4, 0.5) is 20.6 Å². The molecule has 1 aromatic heterocycles. The molecule has 0 radical (unpaired) electrons. The van der Waals surface area contributed by atoms with Crippen molar-refractivity contribution in [3.63, 3.8) is 0 Å². The molecule has 1 unspecified atom stereocenters. The number of nitrogens with one attached hydrogen (secondary N) is 2. The van der Waals surface area contributed by atoms with Crippen molar-refractivity contribution in [2.24, 2.45) is 0 Å². The largest absolute Gasteiger partial charge is 0.468 e. The van der Waals surface area contributed by atoms with Crippen LogP contribution in [0, 0.1) is 19.7 Å². The third-order valence-electron chi connectivity index (χ3n) is 6.04. The number of furan rings is 1. The van der Waals surface area contributed by atoms with Gasteiger partial charge in [0.1, 0.15) is 11.6 Å². The molecule has 1 fully saturated rings. The maximum atomic E-state index is 13.2. The number of rotatable bonds is 6. The molecule has 168 valence electrons. The first-order chi connectivity index (χ1) is 15.5. The molecule has 0 bridgehead atoms. The summed E-state index contributed by atoms with van der Waals surface area (Å²) in [7, 11) is 0. The van der Waals surface area contributed by atoms with E-state index < -0.39 is 0 Å². The van der Waals surface area contributed by atoms with Gasteiger partial charge in [-0.25, -0.2) is 9.18 Å². The van der Waals surface area contributed by atoms with Crippen LogP contribution in [-0.2, 0) is 0 Å². The summed E-state index contributed by atoms with van der Waals surface area (Å²) in [5, 5.41) is 5.90. The average Bonchev–Trinajstić information content (AvgIpc) is 3.32. The van der Waals surface area contributed by atoms with Crippen molar-refractivity contribution < 1.29 is 13.6 Å². The van der Waals surface area contributed by atoms with Gasteiger partial charge in [-0.05, 0) is 73.5 Å². The molecular formula is C25H29FN4O2. The van der Waals surface area contributed by atoms with Crippen LogP contribution in [0.15, 0.2) is 65.3 Å². The summed E-state index contributed by atoms with van der Waals surface area (Å²) < 4.78 is 18.9. The van der Waals surface area contributed by atoms with Crippen molar-refractivity contribution in [3.8, 4) is 0 Å². The Morgan fingerprint density at radius 1 is 1.03 bits per heavy atom. The van der Waals surface area contributed by atoms with E-state index in [9.17, 15) is 9.18 Å². The normalized spacial score (nSPS) is 15.4. The predicted molar refractivity (Wildman–Crippen MR) is 125 cm³/mol. The molecule has 2 N–H and O–H groups in total. The Balaban J connectivity index is 1.36. The quantitative estimate of drug-likeness (QED) is 0.587. The molecule has 0 saturated carbocycles. The molecule has 1 aliphatic rings. The van der Waals surface area contributed by atoms with Crippen LogP contribution < -0.4 is 15.5 Å². The predicted octanol–water partition coefficient (Wildman–Crippen LogP) is 4.72. The summed E-state index contributed by atoms with van der Waals surface area (Å²) in [5.41, 5.74) is 4.11. The van der Waals surface area contributed by atoms with Gasteiger partial charge < -0.3 is 20.0 Å². The lowest BCUT2D eigenvalue weighted by atomic mass is 10.1. The maximum absolute atomic E-state index is 13.2. The van der Waals surface area contributed by atoms with E-state index in [-0.39, 0.29) is 17.9 Å². The lowest BCUT2D eigenvalue weighted by molar-refractivity contribution is 0.162. The second-order valence-corrected chi connectivity index (χ2v) is 8.16. The molecule has 0 aliphatic carbocycles. The van der Waals surface area contributed by atoms with Crippen LogP contribution in [0.25, 0.3) is 0 Å².